The highest BCUT2D eigenvalue weighted by molar-refractivity contribution is 5.81. The Bertz CT molecular complexity index is 259. The zero-order valence-electron chi connectivity index (χ0n) is 8.28. The molecule has 3 aliphatic rings. The van der Waals surface area contributed by atoms with Crippen LogP contribution >= 0.6 is 0 Å². The van der Waals surface area contributed by atoms with Gasteiger partial charge in [-0.15, -0.1) is 0 Å². The third-order valence-electron chi connectivity index (χ3n) is 3.85. The predicted molar refractivity (Wildman–Crippen MR) is 53.7 cm³/mol. The van der Waals surface area contributed by atoms with Gasteiger partial charge in [0.2, 0.25) is 5.91 Å². The third-order valence-corrected chi connectivity index (χ3v) is 3.85. The van der Waals surface area contributed by atoms with Crippen molar-refractivity contribution < 1.29 is 4.79 Å². The van der Waals surface area contributed by atoms with E-state index in [0.717, 1.165) is 19.6 Å². The first kappa shape index (κ1) is 8.48. The Morgan fingerprint density at radius 2 is 2.07 bits per heavy atom. The number of rotatable bonds is 1. The summed E-state index contributed by atoms with van der Waals surface area (Å²) in [5.74, 6) is 1.29. The summed E-state index contributed by atoms with van der Waals surface area (Å²) in [5.41, 5.74) is 0. The number of nitrogens with one attached hydrogen (secondary N) is 1. The lowest BCUT2D eigenvalue weighted by atomic mass is 9.97. The number of fused-ring (bicyclic) bond motifs is 2. The zero-order chi connectivity index (χ0) is 9.54. The van der Waals surface area contributed by atoms with E-state index >= 15 is 0 Å². The molecule has 1 N–H and O–H groups in total. The molecular weight excluding hydrogens is 176 g/mol. The van der Waals surface area contributed by atoms with E-state index < -0.39 is 0 Å². The third kappa shape index (κ3) is 1.12. The maximum atomic E-state index is 12.2. The van der Waals surface area contributed by atoms with Crippen LogP contribution in [0.15, 0.2) is 12.2 Å². The molecule has 0 aromatic rings. The molecule has 2 fully saturated rings. The topological polar surface area (TPSA) is 32.3 Å². The van der Waals surface area contributed by atoms with E-state index in [1.165, 1.54) is 12.8 Å². The molecule has 1 amide bonds. The highest BCUT2D eigenvalue weighted by Gasteiger charge is 2.46. The predicted octanol–water partition coefficient (Wildman–Crippen LogP) is 0.383. The van der Waals surface area contributed by atoms with Crippen molar-refractivity contribution in [2.24, 2.45) is 11.8 Å². The van der Waals surface area contributed by atoms with Crippen LogP contribution in [0.25, 0.3) is 0 Å². The van der Waals surface area contributed by atoms with Gasteiger partial charge in [0.1, 0.15) is 0 Å². The van der Waals surface area contributed by atoms with E-state index in [0.29, 0.717) is 17.9 Å². The van der Waals surface area contributed by atoms with Crippen LogP contribution in [0.4, 0.5) is 0 Å². The van der Waals surface area contributed by atoms with Gasteiger partial charge in [-0.1, -0.05) is 12.2 Å². The summed E-state index contributed by atoms with van der Waals surface area (Å²) < 4.78 is 0. The largest absolute Gasteiger partial charge is 0.335 e. The Labute approximate surface area is 84.2 Å². The van der Waals surface area contributed by atoms with E-state index in [-0.39, 0.29) is 5.92 Å². The number of nitrogens with zero attached hydrogens (tertiary/aromatic N) is 1. The summed E-state index contributed by atoms with van der Waals surface area (Å²) >= 11 is 0. The number of amides is 1. The molecule has 2 bridgehead atoms. The zero-order valence-corrected chi connectivity index (χ0v) is 8.28. The summed E-state index contributed by atoms with van der Waals surface area (Å²) in [4.78, 5) is 14.1. The molecule has 2 heterocycles. The minimum Gasteiger partial charge on any atom is -0.335 e. The lowest BCUT2D eigenvalue weighted by Crippen LogP contribution is -2.39. The monoisotopic (exact) mass is 192 g/mol. The highest BCUT2D eigenvalue weighted by atomic mass is 16.2. The fraction of sp³-hybridized carbons (Fsp3) is 0.727. The molecule has 3 rings (SSSR count). The van der Waals surface area contributed by atoms with E-state index in [1.54, 1.807) is 0 Å². The second kappa shape index (κ2) is 3.09. The molecular formula is C11H16N2O. The van der Waals surface area contributed by atoms with Gasteiger partial charge in [-0.05, 0) is 25.3 Å². The Morgan fingerprint density at radius 1 is 1.29 bits per heavy atom. The fourth-order valence-electron chi connectivity index (χ4n) is 3.08. The van der Waals surface area contributed by atoms with E-state index in [2.05, 4.69) is 17.5 Å². The summed E-state index contributed by atoms with van der Waals surface area (Å²) in [6.07, 6.45) is 6.61. The first-order valence-corrected chi connectivity index (χ1v) is 5.53. The van der Waals surface area contributed by atoms with Crippen LogP contribution in [0.1, 0.15) is 12.8 Å². The first-order chi connectivity index (χ1) is 6.86. The van der Waals surface area contributed by atoms with E-state index in [4.69, 9.17) is 0 Å². The van der Waals surface area contributed by atoms with Gasteiger partial charge in [0.25, 0.3) is 0 Å². The molecule has 3 nitrogen and oxygen atoms in total. The second-order valence-corrected chi connectivity index (χ2v) is 4.59. The normalized spacial score (nSPS) is 39.7. The number of hydrogen-bond donors (Lipinski definition) is 1. The smallest absolute Gasteiger partial charge is 0.228 e. The van der Waals surface area contributed by atoms with Gasteiger partial charge in [0.15, 0.2) is 0 Å². The van der Waals surface area contributed by atoms with Crippen LogP contribution in [0.3, 0.4) is 0 Å². The SMILES string of the molecule is O=C([C@@H]1[C@H]2CC[C@@H]1NC2)N1CC=CC1. The van der Waals surface area contributed by atoms with E-state index in [1.807, 2.05) is 4.90 Å². The molecule has 0 radical (unpaired) electrons. The number of piperidine rings is 1. The summed E-state index contributed by atoms with van der Waals surface area (Å²) in [6.45, 7) is 2.71. The van der Waals surface area contributed by atoms with Gasteiger partial charge in [-0.25, -0.2) is 0 Å². The summed E-state index contributed by atoms with van der Waals surface area (Å²) in [5, 5.41) is 3.44. The molecule has 1 saturated heterocycles. The molecule has 0 spiro atoms. The number of carbonyl (C=O) groups is 1. The molecule has 0 aromatic carbocycles. The Morgan fingerprint density at radius 3 is 2.57 bits per heavy atom. The first-order valence-electron chi connectivity index (χ1n) is 5.53. The van der Waals surface area contributed by atoms with Gasteiger partial charge in [0.05, 0.1) is 5.92 Å². The highest BCUT2D eigenvalue weighted by Crippen LogP contribution is 2.38. The van der Waals surface area contributed by atoms with Crippen LogP contribution in [-0.4, -0.2) is 36.5 Å². The second-order valence-electron chi connectivity index (χ2n) is 4.59. The average molecular weight is 192 g/mol. The van der Waals surface area contributed by atoms with Gasteiger partial charge >= 0.3 is 0 Å². The summed E-state index contributed by atoms with van der Waals surface area (Å²) in [7, 11) is 0. The Balaban J connectivity index is 1.73. The molecule has 1 saturated carbocycles. The van der Waals surface area contributed by atoms with Crippen molar-refractivity contribution in [3.63, 3.8) is 0 Å². The number of hydrogen-bond acceptors (Lipinski definition) is 2. The quantitative estimate of drug-likeness (QED) is 0.609. The lowest BCUT2D eigenvalue weighted by Gasteiger charge is -2.22. The average Bonchev–Trinajstić information content (AvgIpc) is 2.94. The van der Waals surface area contributed by atoms with Gasteiger partial charge in [0, 0.05) is 19.1 Å². The minimum atomic E-state index is 0.287. The minimum absolute atomic E-state index is 0.287. The molecule has 14 heavy (non-hydrogen) atoms. The molecule has 76 valence electrons. The van der Waals surface area contributed by atoms with Crippen LogP contribution in [0.5, 0.6) is 0 Å². The fourth-order valence-corrected chi connectivity index (χ4v) is 3.08. The lowest BCUT2D eigenvalue weighted by molar-refractivity contribution is -0.134. The van der Waals surface area contributed by atoms with Crippen molar-refractivity contribution in [3.05, 3.63) is 12.2 Å². The Hall–Kier alpha value is -0.830. The Kier molecular flexibility index (Phi) is 1.87. The van der Waals surface area contributed by atoms with Crippen LogP contribution < -0.4 is 5.32 Å². The van der Waals surface area contributed by atoms with Crippen molar-refractivity contribution in [1.82, 2.24) is 10.2 Å². The molecule has 2 aliphatic heterocycles. The van der Waals surface area contributed by atoms with Crippen LogP contribution in [-0.2, 0) is 4.79 Å². The molecule has 0 unspecified atom stereocenters. The maximum Gasteiger partial charge on any atom is 0.228 e. The van der Waals surface area contributed by atoms with Crippen molar-refractivity contribution in [3.8, 4) is 0 Å². The molecule has 3 heteroatoms. The van der Waals surface area contributed by atoms with Crippen LogP contribution in [0.2, 0.25) is 0 Å². The maximum absolute atomic E-state index is 12.2. The van der Waals surface area contributed by atoms with Crippen molar-refractivity contribution >= 4 is 5.91 Å². The standard InChI is InChI=1S/C11H16N2O/c14-11(13-5-1-2-6-13)10-8-3-4-9(10)12-7-8/h1-2,8-10,12H,3-7H2/t8-,9-,10+/m0/s1. The van der Waals surface area contributed by atoms with Gasteiger partial charge < -0.3 is 10.2 Å². The van der Waals surface area contributed by atoms with Crippen LogP contribution in [0, 0.1) is 11.8 Å². The van der Waals surface area contributed by atoms with Crippen molar-refractivity contribution in [2.45, 2.75) is 18.9 Å². The number of carbonyl (C=O) groups excluding carboxylic acids is 1. The molecule has 3 atom stereocenters. The molecule has 0 aromatic heterocycles. The summed E-state index contributed by atoms with van der Waals surface area (Å²) in [6, 6.07) is 0.480. The van der Waals surface area contributed by atoms with Gasteiger partial charge in [-0.2, -0.15) is 0 Å². The van der Waals surface area contributed by atoms with Crippen molar-refractivity contribution in [1.29, 1.82) is 0 Å². The van der Waals surface area contributed by atoms with Gasteiger partial charge in [-0.3, -0.25) is 4.79 Å². The van der Waals surface area contributed by atoms with Crippen molar-refractivity contribution in [2.75, 3.05) is 19.6 Å². The molecule has 1 aliphatic carbocycles. The van der Waals surface area contributed by atoms with E-state index in [9.17, 15) is 4.79 Å².